The summed E-state index contributed by atoms with van der Waals surface area (Å²) in [5.74, 6) is 2.68. The van der Waals surface area contributed by atoms with E-state index in [4.69, 9.17) is 42.6 Å². The Hall–Kier alpha value is -11.4. The summed E-state index contributed by atoms with van der Waals surface area (Å²) in [6, 6.07) is 40.4. The Morgan fingerprint density at radius 1 is 0.227 bits per heavy atom. The molecule has 75 heavy (non-hydrogen) atoms. The SMILES string of the molecule is O=Cc1ccc(Oc2nc(Oc3ccc(Oc4nc(Oc5ccc(O)cc5)nc(Oc5ccc(O)cc5)n4)cc3)nc(Oc3ccc(Oc4nc(Oc5ccc(O)cc5)nc(Oc5ccc(O)cc5)n4)cc3)n2)cc1. The highest BCUT2D eigenvalue weighted by Gasteiger charge is 2.18. The summed E-state index contributed by atoms with van der Waals surface area (Å²) in [6.07, 6.45) is 0.693. The van der Waals surface area contributed by atoms with Gasteiger partial charge in [0.15, 0.2) is 0 Å². The fourth-order valence-electron chi connectivity index (χ4n) is 6.14. The van der Waals surface area contributed by atoms with Crippen molar-refractivity contribution in [3.63, 3.8) is 0 Å². The number of rotatable bonds is 19. The van der Waals surface area contributed by atoms with Gasteiger partial charge in [0.2, 0.25) is 0 Å². The van der Waals surface area contributed by atoms with E-state index in [0.717, 1.165) is 0 Å². The first-order chi connectivity index (χ1) is 36.6. The molecule has 4 N–H and O–H groups in total. The van der Waals surface area contributed by atoms with Crippen LogP contribution in [0.15, 0.2) is 170 Å². The van der Waals surface area contributed by atoms with Crippen molar-refractivity contribution in [2.24, 2.45) is 0 Å². The zero-order valence-corrected chi connectivity index (χ0v) is 38.1. The molecule has 0 aliphatic rings. The maximum Gasteiger partial charge on any atom is 0.331 e. The first-order valence-electron chi connectivity index (χ1n) is 21.9. The molecule has 23 heteroatoms. The minimum Gasteiger partial charge on any atom is -0.508 e. The quantitative estimate of drug-likeness (QED) is 0.0547. The molecule has 0 radical (unpaired) electrons. The lowest BCUT2D eigenvalue weighted by atomic mass is 10.2. The number of aldehydes is 1. The Labute approximate surface area is 422 Å². The molecule has 3 aromatic heterocycles. The molecule has 0 unspecified atom stereocenters. The second-order valence-electron chi connectivity index (χ2n) is 15.1. The third-order valence-corrected chi connectivity index (χ3v) is 9.61. The fraction of sp³-hybridized carbons (Fsp3) is 0. The molecule has 0 aliphatic heterocycles. The minimum atomic E-state index is -0.233. The summed E-state index contributed by atoms with van der Waals surface area (Å²) < 4.78 is 53.1. The summed E-state index contributed by atoms with van der Waals surface area (Å²) in [5.41, 5.74) is 0.424. The van der Waals surface area contributed by atoms with Crippen LogP contribution in [0.3, 0.4) is 0 Å². The van der Waals surface area contributed by atoms with Gasteiger partial charge in [-0.25, -0.2) is 0 Å². The number of nitrogens with zero attached hydrogens (tertiary/aromatic N) is 9. The van der Waals surface area contributed by atoms with Crippen molar-refractivity contribution < 1.29 is 67.9 Å². The molecule has 10 aromatic rings. The highest BCUT2D eigenvalue weighted by Crippen LogP contribution is 2.34. The molecule has 23 nitrogen and oxygen atoms in total. The highest BCUT2D eigenvalue weighted by atomic mass is 16.6. The monoisotopic (exact) mass is 1010 g/mol. The lowest BCUT2D eigenvalue weighted by molar-refractivity contribution is 0.112. The minimum absolute atomic E-state index is 0.0332. The Kier molecular flexibility index (Phi) is 13.7. The van der Waals surface area contributed by atoms with E-state index in [1.807, 2.05) is 0 Å². The molecule has 7 aromatic carbocycles. The van der Waals surface area contributed by atoms with Gasteiger partial charge in [-0.3, -0.25) is 4.79 Å². The maximum atomic E-state index is 11.3. The van der Waals surface area contributed by atoms with Crippen LogP contribution in [-0.2, 0) is 0 Å². The number of benzene rings is 7. The van der Waals surface area contributed by atoms with Crippen molar-refractivity contribution in [1.29, 1.82) is 0 Å². The van der Waals surface area contributed by atoms with Crippen LogP contribution >= 0.6 is 0 Å². The van der Waals surface area contributed by atoms with E-state index in [1.165, 1.54) is 97.1 Å². The van der Waals surface area contributed by atoms with Gasteiger partial charge in [-0.2, -0.15) is 0 Å². The number of hydrogen-bond donors (Lipinski definition) is 4. The molecule has 0 saturated carbocycles. The number of carbonyl (C=O) groups is 1. The lowest BCUT2D eigenvalue weighted by Crippen LogP contribution is -2.02. The average Bonchev–Trinajstić information content (AvgIpc) is 3.40. The zero-order valence-electron chi connectivity index (χ0n) is 38.1. The third-order valence-electron chi connectivity index (χ3n) is 9.61. The van der Waals surface area contributed by atoms with E-state index in [0.29, 0.717) is 40.6 Å². The molecule has 10 rings (SSSR count). The van der Waals surface area contributed by atoms with Crippen LogP contribution in [0.2, 0.25) is 0 Å². The van der Waals surface area contributed by atoms with E-state index >= 15 is 0 Å². The Balaban J connectivity index is 0.861. The van der Waals surface area contributed by atoms with E-state index in [9.17, 15) is 25.2 Å². The number of aromatic nitrogens is 9. The van der Waals surface area contributed by atoms with Crippen LogP contribution in [0.4, 0.5) is 0 Å². The average molecular weight is 1010 g/mol. The van der Waals surface area contributed by atoms with E-state index in [2.05, 4.69) is 44.9 Å². The van der Waals surface area contributed by atoms with Crippen LogP contribution in [0, 0.1) is 0 Å². The van der Waals surface area contributed by atoms with Gasteiger partial charge in [-0.05, 0) is 170 Å². The topological polar surface area (TPSA) is 297 Å². The van der Waals surface area contributed by atoms with Gasteiger partial charge in [-0.15, -0.1) is 44.9 Å². The van der Waals surface area contributed by atoms with Gasteiger partial charge in [0.05, 0.1) is 0 Å². The zero-order chi connectivity index (χ0) is 51.5. The molecule has 370 valence electrons. The molecule has 0 spiro atoms. The Morgan fingerprint density at radius 2 is 0.360 bits per heavy atom. The highest BCUT2D eigenvalue weighted by molar-refractivity contribution is 5.74. The number of aromatic hydroxyl groups is 4. The van der Waals surface area contributed by atoms with Crippen molar-refractivity contribution in [3.8, 4) is 129 Å². The lowest BCUT2D eigenvalue weighted by Gasteiger charge is -2.11. The summed E-state index contributed by atoms with van der Waals surface area (Å²) in [4.78, 5) is 49.8. The molecule has 0 amide bonds. The number of hydrogen-bond acceptors (Lipinski definition) is 23. The van der Waals surface area contributed by atoms with Gasteiger partial charge >= 0.3 is 54.1 Å². The molecule has 0 aliphatic carbocycles. The van der Waals surface area contributed by atoms with Gasteiger partial charge < -0.3 is 63.1 Å². The maximum absolute atomic E-state index is 11.3. The van der Waals surface area contributed by atoms with Crippen LogP contribution < -0.4 is 42.6 Å². The fourth-order valence-corrected chi connectivity index (χ4v) is 6.14. The van der Waals surface area contributed by atoms with E-state index < -0.39 is 0 Å². The number of phenols is 4. The van der Waals surface area contributed by atoms with Crippen molar-refractivity contribution in [3.05, 3.63) is 175 Å². The van der Waals surface area contributed by atoms with Gasteiger partial charge in [0.1, 0.15) is 81.0 Å². The van der Waals surface area contributed by atoms with Crippen molar-refractivity contribution in [2.75, 3.05) is 0 Å². The Bertz CT molecular complexity index is 3230. The molecular weight excluding hydrogens is 975 g/mol. The van der Waals surface area contributed by atoms with Crippen LogP contribution in [0.25, 0.3) is 0 Å². The molecule has 0 saturated heterocycles. The molecular formula is C52H33N9O14. The first kappa shape index (κ1) is 47.3. The second-order valence-corrected chi connectivity index (χ2v) is 15.1. The van der Waals surface area contributed by atoms with Gasteiger partial charge in [-0.1, -0.05) is 0 Å². The van der Waals surface area contributed by atoms with E-state index in [1.54, 1.807) is 72.8 Å². The van der Waals surface area contributed by atoms with Crippen molar-refractivity contribution in [1.82, 2.24) is 44.9 Å². The smallest absolute Gasteiger partial charge is 0.331 e. The number of carbonyl (C=O) groups excluding carboxylic acids is 1. The predicted octanol–water partition coefficient (Wildman–Crippen LogP) is 11.0. The largest absolute Gasteiger partial charge is 0.508 e. The van der Waals surface area contributed by atoms with Crippen LogP contribution in [-0.4, -0.2) is 71.6 Å². The van der Waals surface area contributed by atoms with Gasteiger partial charge in [0, 0.05) is 5.56 Å². The molecule has 0 bridgehead atoms. The summed E-state index contributed by atoms with van der Waals surface area (Å²) in [5, 5.41) is 38.8. The molecule has 3 heterocycles. The summed E-state index contributed by atoms with van der Waals surface area (Å²) >= 11 is 0. The van der Waals surface area contributed by atoms with Crippen molar-refractivity contribution in [2.45, 2.75) is 0 Å². The van der Waals surface area contributed by atoms with Gasteiger partial charge in [0.25, 0.3) is 0 Å². The summed E-state index contributed by atoms with van der Waals surface area (Å²) in [7, 11) is 0. The molecule has 0 atom stereocenters. The van der Waals surface area contributed by atoms with Crippen LogP contribution in [0.5, 0.6) is 129 Å². The summed E-state index contributed by atoms with van der Waals surface area (Å²) in [6.45, 7) is 0. The Morgan fingerprint density at radius 3 is 0.507 bits per heavy atom. The normalized spacial score (nSPS) is 10.7. The number of ether oxygens (including phenoxy) is 9. The predicted molar refractivity (Wildman–Crippen MR) is 257 cm³/mol. The van der Waals surface area contributed by atoms with E-state index in [-0.39, 0.29) is 100 Å². The third kappa shape index (κ3) is 13.1. The van der Waals surface area contributed by atoms with Crippen molar-refractivity contribution >= 4 is 6.29 Å². The van der Waals surface area contributed by atoms with Crippen LogP contribution in [0.1, 0.15) is 10.4 Å². The standard InChI is InChI=1S/C52H33N9O14/c62-29-30-1-11-35(12-2-30)67-44-53-49(72-40-21-25-42(26-22-40)74-51-57-45(68-36-13-3-31(63)4-14-36)55-46(58-51)69-37-15-5-32(64)6-16-37)61-50(54-44)73-41-23-27-43(28-24-41)75-52-59-47(70-38-17-7-33(65)8-18-38)56-48(60-52)71-39-19-9-34(66)10-20-39/h1-29,63-66H. The second kappa shape index (κ2) is 21.7. The number of phenolic OH excluding ortho intramolecular Hbond substituents is 4. The first-order valence-corrected chi connectivity index (χ1v) is 21.9. The molecule has 0 fully saturated rings.